The minimum absolute atomic E-state index is 0.129. The number of rotatable bonds is 8. The van der Waals surface area contributed by atoms with Gasteiger partial charge in [0.1, 0.15) is 5.82 Å². The number of hydrogen-bond donors (Lipinski definition) is 4. The zero-order valence-electron chi connectivity index (χ0n) is 18.5. The molecule has 2 rings (SSSR count). The molecule has 9 nitrogen and oxygen atoms in total. The number of aliphatic hydroxyl groups is 1. The first-order chi connectivity index (χ1) is 14.2. The average molecular weight is 516 g/mol. The third kappa shape index (κ3) is 6.59. The van der Waals surface area contributed by atoms with Gasteiger partial charge in [0.15, 0.2) is 0 Å². The lowest BCUT2D eigenvalue weighted by Crippen LogP contribution is -2.36. The fourth-order valence-corrected chi connectivity index (χ4v) is 4.58. The van der Waals surface area contributed by atoms with Crippen molar-refractivity contribution in [2.45, 2.75) is 57.1 Å². The van der Waals surface area contributed by atoms with E-state index in [1.807, 2.05) is 20.8 Å². The number of anilines is 3. The number of primary sulfonamides is 1. The van der Waals surface area contributed by atoms with Crippen LogP contribution in [0.25, 0.3) is 0 Å². The summed E-state index contributed by atoms with van der Waals surface area (Å²) in [4.78, 5) is 8.88. The number of hydrogen-bond acceptors (Lipinski definition) is 8. The van der Waals surface area contributed by atoms with Gasteiger partial charge < -0.3 is 20.5 Å². The first-order valence-electron chi connectivity index (χ1n) is 9.65. The highest BCUT2D eigenvalue weighted by atomic mass is 79.9. The number of nitrogens with two attached hydrogens (primary N) is 1. The molecule has 1 aromatic carbocycles. The zero-order valence-corrected chi connectivity index (χ0v) is 20.9. The van der Waals surface area contributed by atoms with Gasteiger partial charge in [-0.25, -0.2) is 18.5 Å². The van der Waals surface area contributed by atoms with E-state index in [1.54, 1.807) is 39.3 Å². The maximum Gasteiger partial charge on any atom is 0.238 e. The molecule has 0 aliphatic rings. The van der Waals surface area contributed by atoms with Crippen LogP contribution in [-0.4, -0.2) is 49.4 Å². The summed E-state index contributed by atoms with van der Waals surface area (Å²) < 4.78 is 30.1. The molecule has 0 bridgehead atoms. The largest absolute Gasteiger partial charge is 0.391 e. The molecule has 172 valence electrons. The van der Waals surface area contributed by atoms with Crippen molar-refractivity contribution in [2.75, 3.05) is 24.4 Å². The molecule has 0 fully saturated rings. The monoisotopic (exact) mass is 515 g/mol. The molecule has 0 amide bonds. The second-order valence-corrected chi connectivity index (χ2v) is 10.8. The van der Waals surface area contributed by atoms with Gasteiger partial charge in [0.05, 0.1) is 28.1 Å². The minimum Gasteiger partial charge on any atom is -0.391 e. The SMILES string of the molecule is COC[C@@H](Nc1nc(Nc2cc(C)c(S(N)(=O)=O)c(C(C)(C)C)c2)ncc1Br)[C@@H](C)O. The van der Waals surface area contributed by atoms with Crippen molar-refractivity contribution >= 4 is 43.4 Å². The number of nitrogens with zero attached hydrogens (tertiary/aromatic N) is 2. The summed E-state index contributed by atoms with van der Waals surface area (Å²) in [6.45, 7) is 9.42. The lowest BCUT2D eigenvalue weighted by molar-refractivity contribution is 0.106. The van der Waals surface area contributed by atoms with Crippen molar-refractivity contribution in [3.63, 3.8) is 0 Å². The van der Waals surface area contributed by atoms with Crippen molar-refractivity contribution < 1.29 is 18.3 Å². The van der Waals surface area contributed by atoms with Gasteiger partial charge in [0.25, 0.3) is 0 Å². The number of halogens is 1. The van der Waals surface area contributed by atoms with Crippen LogP contribution in [0.15, 0.2) is 27.7 Å². The van der Waals surface area contributed by atoms with E-state index in [1.165, 1.54) is 0 Å². The Balaban J connectivity index is 2.44. The topological polar surface area (TPSA) is 139 Å². The van der Waals surface area contributed by atoms with Crippen LogP contribution in [0.3, 0.4) is 0 Å². The van der Waals surface area contributed by atoms with E-state index >= 15 is 0 Å². The van der Waals surface area contributed by atoms with Gasteiger partial charge in [-0.05, 0) is 58.5 Å². The van der Waals surface area contributed by atoms with Crippen LogP contribution in [0.5, 0.6) is 0 Å². The van der Waals surface area contributed by atoms with E-state index in [0.717, 1.165) is 0 Å². The fourth-order valence-electron chi connectivity index (χ4n) is 3.10. The number of ether oxygens (including phenoxy) is 1. The third-order valence-corrected chi connectivity index (χ3v) is 6.31. The maximum atomic E-state index is 12.2. The highest BCUT2D eigenvalue weighted by Gasteiger charge is 2.26. The van der Waals surface area contributed by atoms with Crippen molar-refractivity contribution in [1.82, 2.24) is 9.97 Å². The summed E-state index contributed by atoms with van der Waals surface area (Å²) in [6.07, 6.45) is 0.917. The van der Waals surface area contributed by atoms with Crippen LogP contribution in [0.4, 0.5) is 17.5 Å². The number of aryl methyl sites for hydroxylation is 1. The molecule has 5 N–H and O–H groups in total. The second-order valence-electron chi connectivity index (χ2n) is 8.43. The second kappa shape index (κ2) is 9.78. The van der Waals surface area contributed by atoms with Crippen LogP contribution >= 0.6 is 15.9 Å². The molecular formula is C20H30BrN5O4S. The van der Waals surface area contributed by atoms with Crippen LogP contribution in [0.2, 0.25) is 0 Å². The van der Waals surface area contributed by atoms with Gasteiger partial charge in [0.2, 0.25) is 16.0 Å². The van der Waals surface area contributed by atoms with Gasteiger partial charge in [-0.2, -0.15) is 4.98 Å². The first kappa shape index (κ1) is 25.5. The summed E-state index contributed by atoms with van der Waals surface area (Å²) in [6, 6.07) is 3.07. The predicted octanol–water partition coefficient (Wildman–Crippen LogP) is 3.04. The predicted molar refractivity (Wildman–Crippen MR) is 125 cm³/mol. The molecule has 0 aliphatic carbocycles. The Hall–Kier alpha value is -1.79. The molecule has 0 unspecified atom stereocenters. The van der Waals surface area contributed by atoms with Crippen LogP contribution in [0.1, 0.15) is 38.8 Å². The molecule has 2 atom stereocenters. The highest BCUT2D eigenvalue weighted by molar-refractivity contribution is 9.10. The minimum atomic E-state index is -3.89. The Bertz CT molecular complexity index is 1040. The van der Waals surface area contributed by atoms with E-state index in [9.17, 15) is 13.5 Å². The Morgan fingerprint density at radius 1 is 1.32 bits per heavy atom. The van der Waals surface area contributed by atoms with E-state index < -0.39 is 21.5 Å². The summed E-state index contributed by atoms with van der Waals surface area (Å²) in [5.41, 5.74) is 1.30. The third-order valence-electron chi connectivity index (χ3n) is 4.62. The standard InChI is InChI=1S/C20H30BrN5O4S/c1-11-7-13(8-14(20(3,4)5)17(11)31(22,28)29)24-19-23-9-15(21)18(26-19)25-16(10-30-6)12(2)27/h7-9,12,16,27H,10H2,1-6H3,(H2,22,28,29)(H2,23,24,25,26)/t12-,16-/m1/s1. The molecule has 1 heterocycles. The van der Waals surface area contributed by atoms with E-state index in [-0.39, 0.29) is 10.9 Å². The molecule has 0 saturated heterocycles. The highest BCUT2D eigenvalue weighted by Crippen LogP contribution is 2.34. The lowest BCUT2D eigenvalue weighted by atomic mass is 9.85. The normalized spacial score (nSPS) is 14.2. The zero-order chi connectivity index (χ0) is 23.6. The Morgan fingerprint density at radius 2 is 1.97 bits per heavy atom. The molecule has 0 radical (unpaired) electrons. The number of aromatic nitrogens is 2. The van der Waals surface area contributed by atoms with Gasteiger partial charge in [-0.15, -0.1) is 0 Å². The molecular weight excluding hydrogens is 486 g/mol. The van der Waals surface area contributed by atoms with Crippen LogP contribution < -0.4 is 15.8 Å². The molecule has 0 aliphatic heterocycles. The molecule has 0 saturated carbocycles. The molecule has 11 heteroatoms. The Kier molecular flexibility index (Phi) is 8.04. The van der Waals surface area contributed by atoms with Crippen molar-refractivity contribution in [1.29, 1.82) is 0 Å². The van der Waals surface area contributed by atoms with Crippen molar-refractivity contribution in [2.24, 2.45) is 5.14 Å². The van der Waals surface area contributed by atoms with Gasteiger partial charge in [-0.1, -0.05) is 20.8 Å². The molecule has 0 spiro atoms. The smallest absolute Gasteiger partial charge is 0.238 e. The number of nitrogens with one attached hydrogen (secondary N) is 2. The van der Waals surface area contributed by atoms with Gasteiger partial charge >= 0.3 is 0 Å². The van der Waals surface area contributed by atoms with Crippen molar-refractivity contribution in [3.8, 4) is 0 Å². The molecule has 2 aromatic rings. The first-order valence-corrected chi connectivity index (χ1v) is 12.0. The fraction of sp³-hybridized carbons (Fsp3) is 0.500. The van der Waals surface area contributed by atoms with Crippen LogP contribution in [0, 0.1) is 6.92 Å². The van der Waals surface area contributed by atoms with Crippen molar-refractivity contribution in [3.05, 3.63) is 33.9 Å². The lowest BCUT2D eigenvalue weighted by Gasteiger charge is -2.25. The van der Waals surface area contributed by atoms with E-state index in [2.05, 4.69) is 36.5 Å². The quantitative estimate of drug-likeness (QED) is 0.420. The van der Waals surface area contributed by atoms with E-state index in [4.69, 9.17) is 9.88 Å². The number of methoxy groups -OCH3 is 1. The van der Waals surface area contributed by atoms with Gasteiger partial charge in [0, 0.05) is 19.0 Å². The molecule has 1 aromatic heterocycles. The summed E-state index contributed by atoms with van der Waals surface area (Å²) in [5, 5.41) is 21.7. The van der Waals surface area contributed by atoms with Gasteiger partial charge in [-0.3, -0.25) is 0 Å². The van der Waals surface area contributed by atoms with Crippen LogP contribution in [-0.2, 0) is 20.2 Å². The Labute approximate surface area is 192 Å². The number of aliphatic hydroxyl groups excluding tert-OH is 1. The summed E-state index contributed by atoms with van der Waals surface area (Å²) in [7, 11) is -2.33. The Morgan fingerprint density at radius 3 is 2.48 bits per heavy atom. The number of sulfonamides is 1. The average Bonchev–Trinajstić information content (AvgIpc) is 2.61. The molecule has 31 heavy (non-hydrogen) atoms. The maximum absolute atomic E-state index is 12.2. The summed E-state index contributed by atoms with van der Waals surface area (Å²) >= 11 is 3.41. The summed E-state index contributed by atoms with van der Waals surface area (Å²) in [5.74, 6) is 0.782. The number of benzene rings is 1. The van der Waals surface area contributed by atoms with E-state index in [0.29, 0.717) is 39.7 Å².